The van der Waals surface area contributed by atoms with Crippen molar-refractivity contribution < 1.29 is 45.9 Å². The molecule has 0 spiro atoms. The summed E-state index contributed by atoms with van der Waals surface area (Å²) in [6.07, 6.45) is 5.54. The molecule has 0 bridgehead atoms. The van der Waals surface area contributed by atoms with Gasteiger partial charge in [-0.3, -0.25) is 9.69 Å². The summed E-state index contributed by atoms with van der Waals surface area (Å²) in [7, 11) is 0. The molecule has 2 saturated carbocycles. The van der Waals surface area contributed by atoms with E-state index in [4.69, 9.17) is 9.47 Å². The van der Waals surface area contributed by atoms with E-state index in [1.165, 1.54) is 11.1 Å². The maximum Gasteiger partial charge on any atom is 0.453 e. The van der Waals surface area contributed by atoms with Crippen molar-refractivity contribution in [1.29, 1.82) is 0 Å². The molecular formula is C38H57ClF5NO5S. The van der Waals surface area contributed by atoms with Gasteiger partial charge in [0.2, 0.25) is 0 Å². The lowest BCUT2D eigenvalue weighted by atomic mass is 9.52. The van der Waals surface area contributed by atoms with Crippen LogP contribution < -0.4 is 4.74 Å². The van der Waals surface area contributed by atoms with Gasteiger partial charge in [-0.05, 0) is 110 Å². The van der Waals surface area contributed by atoms with Crippen LogP contribution in [0.5, 0.6) is 5.75 Å². The van der Waals surface area contributed by atoms with Crippen LogP contribution in [0.2, 0.25) is 0 Å². The summed E-state index contributed by atoms with van der Waals surface area (Å²) >= 11 is -1.37. The summed E-state index contributed by atoms with van der Waals surface area (Å²) in [4.78, 5) is 14.8. The second-order valence-corrected chi connectivity index (χ2v) is 17.2. The second-order valence-electron chi connectivity index (χ2n) is 15.5. The Bertz CT molecular complexity index is 1250. The van der Waals surface area contributed by atoms with E-state index in [-0.39, 0.29) is 42.2 Å². The minimum Gasteiger partial charge on any atom is -0.616 e. The minimum atomic E-state index is -5.55. The summed E-state index contributed by atoms with van der Waals surface area (Å²) in [6, 6.07) is 6.25. The second kappa shape index (κ2) is 18.9. The van der Waals surface area contributed by atoms with Gasteiger partial charge in [-0.2, -0.15) is 22.0 Å². The summed E-state index contributed by atoms with van der Waals surface area (Å²) in [6.45, 7) is 5.28. The number of hydrogen-bond donors (Lipinski definition) is 1. The fraction of sp³-hybridized carbons (Fsp3) is 0.816. The number of ether oxygens (including phenoxy) is 2. The number of halogens is 6. The average molecular weight is 770 g/mol. The largest absolute Gasteiger partial charge is 0.616 e. The highest BCUT2D eigenvalue weighted by Crippen LogP contribution is 2.62. The first kappa shape index (κ1) is 42.6. The molecule has 1 aromatic carbocycles. The van der Waals surface area contributed by atoms with Crippen LogP contribution in [0, 0.1) is 23.2 Å². The van der Waals surface area contributed by atoms with Gasteiger partial charge < -0.3 is 19.1 Å². The van der Waals surface area contributed by atoms with E-state index >= 15 is 0 Å². The van der Waals surface area contributed by atoms with Gasteiger partial charge in [-0.25, -0.2) is 0 Å². The van der Waals surface area contributed by atoms with Gasteiger partial charge in [0.15, 0.2) is 0 Å². The number of esters is 1. The predicted octanol–water partition coefficient (Wildman–Crippen LogP) is 8.64. The normalized spacial score (nSPS) is 28.7. The van der Waals surface area contributed by atoms with Gasteiger partial charge in [0.1, 0.15) is 17.3 Å². The smallest absolute Gasteiger partial charge is 0.453 e. The zero-order chi connectivity index (χ0) is 35.9. The molecule has 4 aliphatic rings. The Balaban J connectivity index is 0.00000583. The van der Waals surface area contributed by atoms with Crippen molar-refractivity contribution in [3.63, 3.8) is 0 Å². The third-order valence-corrected chi connectivity index (χ3v) is 13.7. The Morgan fingerprint density at radius 3 is 2.37 bits per heavy atom. The Hall–Kier alpha value is -1.18. The Kier molecular flexibility index (Phi) is 15.8. The van der Waals surface area contributed by atoms with Crippen LogP contribution in [-0.4, -0.2) is 83.1 Å². The number of benzene rings is 1. The average Bonchev–Trinajstić information content (AvgIpc) is 3.37. The van der Waals surface area contributed by atoms with Crippen LogP contribution in [0.4, 0.5) is 22.0 Å². The Labute approximate surface area is 309 Å². The predicted molar refractivity (Wildman–Crippen MR) is 191 cm³/mol. The quantitative estimate of drug-likeness (QED) is 0.0562. The molecule has 1 aliphatic heterocycles. The van der Waals surface area contributed by atoms with Crippen LogP contribution in [0.1, 0.15) is 114 Å². The summed E-state index contributed by atoms with van der Waals surface area (Å²) < 4.78 is 86.3. The fourth-order valence-corrected chi connectivity index (χ4v) is 10.6. The van der Waals surface area contributed by atoms with E-state index in [1.54, 1.807) is 0 Å². The Morgan fingerprint density at radius 2 is 1.67 bits per heavy atom. The standard InChI is InChI=1S/C38H56F5NO5S.ClH/c1-36-17-15-31-30-12-11-29(49-34(46)26-44-18-20-48-21-19-44)25-28(30)24-27(35(31)32(36)13-14-33(36)45)10-7-5-3-2-4-6-8-22-50(47)23-9-16-37(39,40)38(41,42)43;/h11-12,25,27,31-33,35,45H,2-10,13-24,26H2,1H3;1H/t27-,31-,32+,33+,35-,36+,50?;/m1./s1. The van der Waals surface area contributed by atoms with E-state index in [0.29, 0.717) is 54.8 Å². The Morgan fingerprint density at radius 1 is 1.00 bits per heavy atom. The summed E-state index contributed by atoms with van der Waals surface area (Å²) in [5, 5.41) is 11.0. The molecule has 1 saturated heterocycles. The van der Waals surface area contributed by atoms with Crippen molar-refractivity contribution in [2.24, 2.45) is 23.2 Å². The number of fused-ring (bicyclic) bond motifs is 5. The number of morpholine rings is 1. The van der Waals surface area contributed by atoms with Gasteiger partial charge in [-0.15, -0.1) is 12.4 Å². The topological polar surface area (TPSA) is 82.1 Å². The molecule has 6 nitrogen and oxygen atoms in total. The van der Waals surface area contributed by atoms with Gasteiger partial charge in [0.25, 0.3) is 0 Å². The molecule has 51 heavy (non-hydrogen) atoms. The molecule has 0 radical (unpaired) electrons. The number of carbonyl (C=O) groups excluding carboxylic acids is 1. The fourth-order valence-electron chi connectivity index (χ4n) is 9.44. The van der Waals surface area contributed by atoms with Crippen molar-refractivity contribution in [2.75, 3.05) is 44.4 Å². The molecule has 3 aliphatic carbocycles. The highest BCUT2D eigenvalue weighted by atomic mass is 35.5. The number of rotatable bonds is 17. The maximum absolute atomic E-state index is 13.0. The van der Waals surface area contributed by atoms with Gasteiger partial charge in [0.05, 0.1) is 25.9 Å². The monoisotopic (exact) mass is 769 g/mol. The van der Waals surface area contributed by atoms with Crippen LogP contribution in [0.25, 0.3) is 0 Å². The number of unbranched alkanes of at least 4 members (excludes halogenated alkanes) is 6. The first-order valence-electron chi connectivity index (χ1n) is 18.9. The molecule has 292 valence electrons. The third-order valence-electron chi connectivity index (χ3n) is 12.2. The van der Waals surface area contributed by atoms with Crippen LogP contribution in [0.15, 0.2) is 18.2 Å². The first-order chi connectivity index (χ1) is 23.8. The molecule has 13 heteroatoms. The molecule has 7 atom stereocenters. The molecule has 1 N–H and O–H groups in total. The number of hydrogen-bond acceptors (Lipinski definition) is 6. The van der Waals surface area contributed by atoms with Crippen LogP contribution in [0.3, 0.4) is 0 Å². The van der Waals surface area contributed by atoms with Crippen LogP contribution in [-0.2, 0) is 27.1 Å². The lowest BCUT2D eigenvalue weighted by Crippen LogP contribution is -2.47. The van der Waals surface area contributed by atoms with E-state index in [1.807, 2.05) is 6.07 Å². The SMILES string of the molecule is C[C@]12CC[C@@H]3c4ccc(OC(=O)CN5CCOCC5)cc4C[C@@H](CCCCCCCCC[S+]([O-])CCCC(F)(F)C(F)(F)F)[C@H]3[C@@H]1CC[C@@H]2O.Cl. The number of aliphatic hydroxyl groups excluding tert-OH is 1. The zero-order valence-electron chi connectivity index (χ0n) is 29.9. The van der Waals surface area contributed by atoms with Crippen molar-refractivity contribution >= 4 is 29.6 Å². The van der Waals surface area contributed by atoms with Crippen molar-refractivity contribution in [2.45, 2.75) is 127 Å². The van der Waals surface area contributed by atoms with Gasteiger partial charge in [0, 0.05) is 19.5 Å². The van der Waals surface area contributed by atoms with E-state index in [2.05, 4.69) is 24.0 Å². The first-order valence-corrected chi connectivity index (χ1v) is 20.4. The number of aliphatic hydroxyl groups is 1. The van der Waals surface area contributed by atoms with Crippen molar-refractivity contribution in [3.05, 3.63) is 29.3 Å². The molecule has 0 amide bonds. The maximum atomic E-state index is 13.0. The van der Waals surface area contributed by atoms with Crippen molar-refractivity contribution in [1.82, 2.24) is 4.90 Å². The van der Waals surface area contributed by atoms with Crippen molar-refractivity contribution in [3.8, 4) is 5.75 Å². The van der Waals surface area contributed by atoms with E-state index < -0.39 is 36.1 Å². The number of alkyl halides is 5. The number of carbonyl (C=O) groups is 1. The molecule has 3 fully saturated rings. The van der Waals surface area contributed by atoms with E-state index in [9.17, 15) is 36.4 Å². The van der Waals surface area contributed by atoms with Gasteiger partial charge >= 0.3 is 18.1 Å². The lowest BCUT2D eigenvalue weighted by molar-refractivity contribution is -0.284. The van der Waals surface area contributed by atoms with E-state index in [0.717, 1.165) is 90.1 Å². The molecule has 1 aromatic rings. The lowest BCUT2D eigenvalue weighted by Gasteiger charge is -2.53. The highest BCUT2D eigenvalue weighted by Gasteiger charge is 2.57. The molecule has 1 heterocycles. The molecule has 0 aromatic heterocycles. The molecular weight excluding hydrogens is 713 g/mol. The van der Waals surface area contributed by atoms with Gasteiger partial charge in [-0.1, -0.05) is 56.3 Å². The summed E-state index contributed by atoms with van der Waals surface area (Å²) in [5.74, 6) is -2.13. The molecule has 5 rings (SSSR count). The summed E-state index contributed by atoms with van der Waals surface area (Å²) in [5.41, 5.74) is 2.66. The highest BCUT2D eigenvalue weighted by molar-refractivity contribution is 7.91. The zero-order valence-corrected chi connectivity index (χ0v) is 31.5. The van der Waals surface area contributed by atoms with Crippen LogP contribution >= 0.6 is 12.4 Å². The third kappa shape index (κ3) is 11.0. The minimum absolute atomic E-state index is 0. The molecule has 1 unspecified atom stereocenters. The number of nitrogens with zero attached hydrogens (tertiary/aromatic N) is 1.